The van der Waals surface area contributed by atoms with Crippen molar-refractivity contribution >= 4 is 11.8 Å². The Bertz CT molecular complexity index is 293. The average Bonchev–Trinajstić information content (AvgIpc) is 2.41. The van der Waals surface area contributed by atoms with Crippen molar-refractivity contribution in [3.8, 4) is 0 Å². The van der Waals surface area contributed by atoms with Crippen LogP contribution in [0.4, 0.5) is 0 Å². The number of aromatic nitrogens is 1. The maximum absolute atomic E-state index is 9.41. The molecule has 1 aromatic heterocycles. The normalized spacial score (nSPS) is 14.5. The minimum absolute atomic E-state index is 0.106. The quantitative estimate of drug-likeness (QED) is 0.552. The molecule has 17 heavy (non-hydrogen) atoms. The fraction of sp³-hybridized carbons (Fsp3) is 0.615. The summed E-state index contributed by atoms with van der Waals surface area (Å²) < 4.78 is 0. The second kappa shape index (κ2) is 7.69. The highest BCUT2D eigenvalue weighted by Gasteiger charge is 2.23. The monoisotopic (exact) mass is 254 g/mol. The molecule has 0 spiro atoms. The molecule has 1 heterocycles. The highest BCUT2D eigenvalue weighted by Crippen LogP contribution is 2.21. The van der Waals surface area contributed by atoms with Crippen LogP contribution in [0.2, 0.25) is 0 Å². The first-order valence-corrected chi connectivity index (χ1v) is 7.08. The molecule has 96 valence electrons. The summed E-state index contributed by atoms with van der Waals surface area (Å²) in [6.45, 7) is 2.31. The van der Waals surface area contributed by atoms with Gasteiger partial charge < -0.3 is 10.4 Å². The minimum Gasteiger partial charge on any atom is -0.394 e. The van der Waals surface area contributed by atoms with E-state index in [9.17, 15) is 5.11 Å². The van der Waals surface area contributed by atoms with Gasteiger partial charge in [0.25, 0.3) is 0 Å². The molecule has 1 rings (SSSR count). The topological polar surface area (TPSA) is 45.2 Å². The molecule has 1 unspecified atom stereocenters. The summed E-state index contributed by atoms with van der Waals surface area (Å²) >= 11 is 1.77. The summed E-state index contributed by atoms with van der Waals surface area (Å²) in [6.07, 6.45) is 4.85. The van der Waals surface area contributed by atoms with Gasteiger partial charge in [-0.05, 0) is 44.2 Å². The Labute approximate surface area is 108 Å². The fourth-order valence-electron chi connectivity index (χ4n) is 1.77. The predicted octanol–water partition coefficient (Wildman–Crippen LogP) is 2.31. The number of thioether (sulfide) groups is 1. The number of nitrogens with one attached hydrogen (secondary N) is 1. The molecule has 1 aromatic rings. The van der Waals surface area contributed by atoms with E-state index >= 15 is 0 Å². The van der Waals surface area contributed by atoms with Gasteiger partial charge in [0.15, 0.2) is 0 Å². The van der Waals surface area contributed by atoms with Crippen LogP contribution < -0.4 is 5.32 Å². The number of likely N-dealkylation sites (N-methyl/N-ethyl adjacent to an activating group) is 1. The first-order chi connectivity index (χ1) is 8.26. The maximum Gasteiger partial charge on any atom is 0.0959 e. The van der Waals surface area contributed by atoms with E-state index in [0.29, 0.717) is 0 Å². The van der Waals surface area contributed by atoms with Crippen molar-refractivity contribution in [3.63, 3.8) is 0 Å². The van der Waals surface area contributed by atoms with Crippen LogP contribution >= 0.6 is 11.8 Å². The number of aliphatic hydroxyl groups is 1. The molecule has 0 aliphatic rings. The van der Waals surface area contributed by atoms with E-state index in [1.54, 1.807) is 11.8 Å². The average molecular weight is 254 g/mol. The molecule has 0 aromatic carbocycles. The van der Waals surface area contributed by atoms with Gasteiger partial charge in [-0.2, -0.15) is 0 Å². The summed E-state index contributed by atoms with van der Waals surface area (Å²) in [5.74, 6) is 1.04. The van der Waals surface area contributed by atoms with Gasteiger partial charge in [0.2, 0.25) is 0 Å². The van der Waals surface area contributed by atoms with Crippen molar-refractivity contribution in [2.45, 2.75) is 36.8 Å². The number of pyridine rings is 1. The third-order valence-corrected chi connectivity index (χ3v) is 4.23. The van der Waals surface area contributed by atoms with E-state index < -0.39 is 0 Å². The van der Waals surface area contributed by atoms with Gasteiger partial charge in [0.1, 0.15) is 0 Å². The van der Waals surface area contributed by atoms with Crippen LogP contribution in [0.25, 0.3) is 0 Å². The van der Waals surface area contributed by atoms with Crippen LogP contribution in [-0.4, -0.2) is 35.0 Å². The van der Waals surface area contributed by atoms with Gasteiger partial charge in [-0.1, -0.05) is 13.0 Å². The lowest BCUT2D eigenvalue weighted by atomic mass is 9.92. The summed E-state index contributed by atoms with van der Waals surface area (Å²) in [5, 5.41) is 13.7. The molecule has 0 bridgehead atoms. The molecular weight excluding hydrogens is 232 g/mol. The third kappa shape index (κ3) is 4.66. The molecular formula is C13H22N2OS. The summed E-state index contributed by atoms with van der Waals surface area (Å²) in [6, 6.07) is 5.97. The largest absolute Gasteiger partial charge is 0.394 e. The molecule has 3 nitrogen and oxygen atoms in total. The summed E-state index contributed by atoms with van der Waals surface area (Å²) in [7, 11) is 1.92. The molecule has 0 aliphatic carbocycles. The maximum atomic E-state index is 9.41. The van der Waals surface area contributed by atoms with Crippen molar-refractivity contribution in [3.05, 3.63) is 24.4 Å². The van der Waals surface area contributed by atoms with Crippen molar-refractivity contribution < 1.29 is 5.11 Å². The molecule has 0 fully saturated rings. The fourth-order valence-corrected chi connectivity index (χ4v) is 2.58. The van der Waals surface area contributed by atoms with Crippen LogP contribution in [-0.2, 0) is 0 Å². The summed E-state index contributed by atoms with van der Waals surface area (Å²) in [4.78, 5) is 4.27. The zero-order chi connectivity index (χ0) is 12.6. The Morgan fingerprint density at radius 1 is 1.47 bits per heavy atom. The van der Waals surface area contributed by atoms with E-state index in [4.69, 9.17) is 0 Å². The van der Waals surface area contributed by atoms with Gasteiger partial charge >= 0.3 is 0 Å². The molecule has 0 saturated heterocycles. The minimum atomic E-state index is -0.106. The number of hydrogen-bond acceptors (Lipinski definition) is 4. The van der Waals surface area contributed by atoms with Crippen LogP contribution in [0.5, 0.6) is 0 Å². The van der Waals surface area contributed by atoms with Gasteiger partial charge in [-0.15, -0.1) is 11.8 Å². The number of rotatable bonds is 8. The second-order valence-electron chi connectivity index (χ2n) is 4.16. The molecule has 0 amide bonds. The van der Waals surface area contributed by atoms with Crippen LogP contribution in [0.3, 0.4) is 0 Å². The summed E-state index contributed by atoms with van der Waals surface area (Å²) in [5.41, 5.74) is -0.106. The van der Waals surface area contributed by atoms with Gasteiger partial charge in [-0.25, -0.2) is 4.98 Å². The Morgan fingerprint density at radius 3 is 2.82 bits per heavy atom. The van der Waals surface area contributed by atoms with E-state index in [0.717, 1.165) is 30.0 Å². The first-order valence-electron chi connectivity index (χ1n) is 6.10. The van der Waals surface area contributed by atoms with Gasteiger partial charge in [-0.3, -0.25) is 0 Å². The second-order valence-corrected chi connectivity index (χ2v) is 5.28. The zero-order valence-electron chi connectivity index (χ0n) is 10.6. The molecule has 2 N–H and O–H groups in total. The lowest BCUT2D eigenvalue weighted by molar-refractivity contribution is 0.154. The molecule has 4 heteroatoms. The molecule has 0 saturated carbocycles. The lowest BCUT2D eigenvalue weighted by Crippen LogP contribution is -2.45. The van der Waals surface area contributed by atoms with E-state index in [2.05, 4.69) is 17.2 Å². The van der Waals surface area contributed by atoms with Crippen molar-refractivity contribution in [2.24, 2.45) is 0 Å². The highest BCUT2D eigenvalue weighted by molar-refractivity contribution is 7.99. The number of hydrogen-bond donors (Lipinski definition) is 2. The number of aliphatic hydroxyl groups excluding tert-OH is 1. The Balaban J connectivity index is 2.28. The lowest BCUT2D eigenvalue weighted by Gasteiger charge is -2.30. The SMILES string of the molecule is CCC(CO)(CCCSc1ccccn1)NC. The van der Waals surface area contributed by atoms with E-state index in [-0.39, 0.29) is 12.1 Å². The Morgan fingerprint density at radius 2 is 2.29 bits per heavy atom. The molecule has 1 atom stereocenters. The van der Waals surface area contributed by atoms with Crippen molar-refractivity contribution in [1.82, 2.24) is 10.3 Å². The number of nitrogens with zero attached hydrogens (tertiary/aromatic N) is 1. The van der Waals surface area contributed by atoms with Crippen LogP contribution in [0, 0.1) is 0 Å². The predicted molar refractivity (Wildman–Crippen MR) is 73.4 cm³/mol. The van der Waals surface area contributed by atoms with Crippen LogP contribution in [0.15, 0.2) is 29.4 Å². The van der Waals surface area contributed by atoms with Gasteiger partial charge in [0.05, 0.1) is 11.6 Å². The van der Waals surface area contributed by atoms with E-state index in [1.165, 1.54) is 0 Å². The molecule has 0 aliphatic heterocycles. The zero-order valence-corrected chi connectivity index (χ0v) is 11.5. The third-order valence-electron chi connectivity index (χ3n) is 3.20. The Hall–Kier alpha value is -0.580. The Kier molecular flexibility index (Phi) is 6.55. The van der Waals surface area contributed by atoms with Crippen molar-refractivity contribution in [2.75, 3.05) is 19.4 Å². The first kappa shape index (κ1) is 14.5. The van der Waals surface area contributed by atoms with Gasteiger partial charge in [0, 0.05) is 11.7 Å². The van der Waals surface area contributed by atoms with Crippen LogP contribution in [0.1, 0.15) is 26.2 Å². The van der Waals surface area contributed by atoms with Crippen molar-refractivity contribution in [1.29, 1.82) is 0 Å². The highest BCUT2D eigenvalue weighted by atomic mass is 32.2. The smallest absolute Gasteiger partial charge is 0.0959 e. The standard InChI is InChI=1S/C13H22N2OS/c1-3-13(11-16,14-2)8-6-10-17-12-7-4-5-9-15-12/h4-5,7,9,14,16H,3,6,8,10-11H2,1-2H3. The molecule has 0 radical (unpaired) electrons. The van der Waals surface area contributed by atoms with E-state index in [1.807, 2.05) is 31.4 Å².